The zero-order chi connectivity index (χ0) is 12.4. The molecule has 2 rings (SSSR count). The first-order valence-electron chi connectivity index (χ1n) is 5.45. The number of rotatable bonds is 2. The van der Waals surface area contributed by atoms with Gasteiger partial charge < -0.3 is 0 Å². The van der Waals surface area contributed by atoms with Crippen LogP contribution in [0.4, 0.5) is 0 Å². The first kappa shape index (κ1) is 12.1. The third-order valence-corrected chi connectivity index (χ3v) is 3.22. The lowest BCUT2D eigenvalue weighted by Gasteiger charge is -2.06. The summed E-state index contributed by atoms with van der Waals surface area (Å²) in [5.41, 5.74) is 3.62. The highest BCUT2D eigenvalue weighted by Gasteiger charge is 2.11. The topological polar surface area (TPSA) is 17.1 Å². The summed E-state index contributed by atoms with van der Waals surface area (Å²) in [4.78, 5) is 12.4. The van der Waals surface area contributed by atoms with Crippen molar-refractivity contribution in [1.82, 2.24) is 0 Å². The molecule has 0 spiro atoms. The first-order chi connectivity index (χ1) is 8.08. The van der Waals surface area contributed by atoms with Crippen molar-refractivity contribution in [3.05, 3.63) is 69.2 Å². The molecule has 0 saturated heterocycles. The molecule has 0 atom stereocenters. The fraction of sp³-hybridized carbons (Fsp3) is 0.133. The van der Waals surface area contributed by atoms with Crippen LogP contribution in [-0.4, -0.2) is 5.78 Å². The SMILES string of the molecule is Cc1ccc(C)c(C(=O)c2cccc(Br)c2)c1. The van der Waals surface area contributed by atoms with Gasteiger partial charge in [-0.2, -0.15) is 0 Å². The van der Waals surface area contributed by atoms with Crippen LogP contribution in [0.1, 0.15) is 27.0 Å². The Kier molecular flexibility index (Phi) is 3.43. The molecule has 0 amide bonds. The second-order valence-electron chi connectivity index (χ2n) is 4.16. The van der Waals surface area contributed by atoms with Gasteiger partial charge in [-0.25, -0.2) is 0 Å². The van der Waals surface area contributed by atoms with Crippen molar-refractivity contribution >= 4 is 21.7 Å². The highest BCUT2D eigenvalue weighted by molar-refractivity contribution is 9.10. The van der Waals surface area contributed by atoms with E-state index in [0.29, 0.717) is 5.56 Å². The van der Waals surface area contributed by atoms with Gasteiger partial charge in [0.15, 0.2) is 5.78 Å². The molecule has 17 heavy (non-hydrogen) atoms. The van der Waals surface area contributed by atoms with E-state index in [9.17, 15) is 4.79 Å². The molecule has 0 fully saturated rings. The molecule has 2 aromatic carbocycles. The average Bonchev–Trinajstić information content (AvgIpc) is 2.31. The second-order valence-corrected chi connectivity index (χ2v) is 5.07. The van der Waals surface area contributed by atoms with Gasteiger partial charge in [0.2, 0.25) is 0 Å². The van der Waals surface area contributed by atoms with Crippen LogP contribution >= 0.6 is 15.9 Å². The van der Waals surface area contributed by atoms with Gasteiger partial charge in [0.25, 0.3) is 0 Å². The van der Waals surface area contributed by atoms with Crippen molar-refractivity contribution in [2.24, 2.45) is 0 Å². The van der Waals surface area contributed by atoms with E-state index in [4.69, 9.17) is 0 Å². The van der Waals surface area contributed by atoms with E-state index in [1.54, 1.807) is 0 Å². The number of hydrogen-bond donors (Lipinski definition) is 0. The monoisotopic (exact) mass is 288 g/mol. The molecule has 0 aliphatic rings. The number of benzene rings is 2. The number of carbonyl (C=O) groups is 1. The Labute approximate surface area is 110 Å². The molecular weight excluding hydrogens is 276 g/mol. The molecule has 1 nitrogen and oxygen atoms in total. The van der Waals surface area contributed by atoms with Crippen molar-refractivity contribution in [3.63, 3.8) is 0 Å². The number of halogens is 1. The standard InChI is InChI=1S/C15H13BrO/c1-10-6-7-11(2)14(8-10)15(17)12-4-3-5-13(16)9-12/h3-9H,1-2H3. The summed E-state index contributed by atoms with van der Waals surface area (Å²) in [7, 11) is 0. The summed E-state index contributed by atoms with van der Waals surface area (Å²) >= 11 is 3.38. The molecule has 0 aliphatic heterocycles. The molecule has 0 saturated carbocycles. The Morgan fingerprint density at radius 3 is 2.53 bits per heavy atom. The van der Waals surface area contributed by atoms with Crippen molar-refractivity contribution < 1.29 is 4.79 Å². The van der Waals surface area contributed by atoms with Gasteiger partial charge in [0.1, 0.15) is 0 Å². The molecule has 0 radical (unpaired) electrons. The molecule has 0 aromatic heterocycles. The van der Waals surface area contributed by atoms with Gasteiger partial charge in [-0.3, -0.25) is 4.79 Å². The summed E-state index contributed by atoms with van der Waals surface area (Å²) in [6.07, 6.45) is 0. The summed E-state index contributed by atoms with van der Waals surface area (Å²) in [6.45, 7) is 3.96. The Balaban J connectivity index is 2.47. The summed E-state index contributed by atoms with van der Waals surface area (Å²) in [5.74, 6) is 0.0764. The van der Waals surface area contributed by atoms with Crippen LogP contribution in [-0.2, 0) is 0 Å². The molecular formula is C15H13BrO. The number of aryl methyl sites for hydroxylation is 2. The van der Waals surface area contributed by atoms with E-state index < -0.39 is 0 Å². The molecule has 2 heteroatoms. The maximum atomic E-state index is 12.4. The van der Waals surface area contributed by atoms with Crippen LogP contribution in [0.2, 0.25) is 0 Å². The number of carbonyl (C=O) groups excluding carboxylic acids is 1. The maximum Gasteiger partial charge on any atom is 0.193 e. The number of ketones is 1. The fourth-order valence-corrected chi connectivity index (χ4v) is 2.16. The minimum absolute atomic E-state index is 0.0764. The van der Waals surface area contributed by atoms with E-state index in [0.717, 1.165) is 21.2 Å². The van der Waals surface area contributed by atoms with Gasteiger partial charge in [-0.05, 0) is 37.6 Å². The van der Waals surface area contributed by atoms with Crippen molar-refractivity contribution in [2.45, 2.75) is 13.8 Å². The summed E-state index contributed by atoms with van der Waals surface area (Å²) in [6, 6.07) is 13.4. The Bertz CT molecular complexity index is 573. The summed E-state index contributed by atoms with van der Waals surface area (Å²) in [5, 5.41) is 0. The van der Waals surface area contributed by atoms with Crippen LogP contribution in [0.3, 0.4) is 0 Å². The van der Waals surface area contributed by atoms with E-state index in [2.05, 4.69) is 15.9 Å². The highest BCUT2D eigenvalue weighted by atomic mass is 79.9. The van der Waals surface area contributed by atoms with Gasteiger partial charge in [0, 0.05) is 15.6 Å². The fourth-order valence-electron chi connectivity index (χ4n) is 1.77. The zero-order valence-corrected chi connectivity index (χ0v) is 11.4. The van der Waals surface area contributed by atoms with E-state index in [1.165, 1.54) is 0 Å². The molecule has 0 unspecified atom stereocenters. The summed E-state index contributed by atoms with van der Waals surface area (Å²) < 4.78 is 0.925. The van der Waals surface area contributed by atoms with E-state index >= 15 is 0 Å². The zero-order valence-electron chi connectivity index (χ0n) is 9.83. The second kappa shape index (κ2) is 4.84. The van der Waals surface area contributed by atoms with Crippen molar-refractivity contribution in [3.8, 4) is 0 Å². The lowest BCUT2D eigenvalue weighted by Crippen LogP contribution is -2.04. The quantitative estimate of drug-likeness (QED) is 0.753. The Hall–Kier alpha value is -1.41. The first-order valence-corrected chi connectivity index (χ1v) is 6.25. The average molecular weight is 289 g/mol. The smallest absolute Gasteiger partial charge is 0.193 e. The predicted octanol–water partition coefficient (Wildman–Crippen LogP) is 4.30. The molecule has 0 aliphatic carbocycles. The van der Waals surface area contributed by atoms with Crippen LogP contribution in [0.15, 0.2) is 46.9 Å². The predicted molar refractivity (Wildman–Crippen MR) is 73.5 cm³/mol. The molecule has 0 N–H and O–H groups in total. The molecule has 86 valence electrons. The molecule has 2 aromatic rings. The van der Waals surface area contributed by atoms with E-state index in [1.807, 2.05) is 56.3 Å². The number of hydrogen-bond acceptors (Lipinski definition) is 1. The maximum absolute atomic E-state index is 12.4. The van der Waals surface area contributed by atoms with Gasteiger partial charge in [-0.15, -0.1) is 0 Å². The lowest BCUT2D eigenvalue weighted by molar-refractivity contribution is 0.103. The molecule has 0 bridgehead atoms. The van der Waals surface area contributed by atoms with Crippen molar-refractivity contribution in [2.75, 3.05) is 0 Å². The van der Waals surface area contributed by atoms with Crippen LogP contribution in [0.25, 0.3) is 0 Å². The third-order valence-electron chi connectivity index (χ3n) is 2.72. The van der Waals surface area contributed by atoms with E-state index in [-0.39, 0.29) is 5.78 Å². The van der Waals surface area contributed by atoms with Crippen LogP contribution in [0, 0.1) is 13.8 Å². The minimum Gasteiger partial charge on any atom is -0.289 e. The van der Waals surface area contributed by atoms with Gasteiger partial charge >= 0.3 is 0 Å². The normalized spacial score (nSPS) is 10.3. The molecule has 0 heterocycles. The van der Waals surface area contributed by atoms with Crippen LogP contribution in [0.5, 0.6) is 0 Å². The largest absolute Gasteiger partial charge is 0.289 e. The highest BCUT2D eigenvalue weighted by Crippen LogP contribution is 2.18. The lowest BCUT2D eigenvalue weighted by atomic mass is 9.97. The minimum atomic E-state index is 0.0764. The Morgan fingerprint density at radius 2 is 1.82 bits per heavy atom. The van der Waals surface area contributed by atoms with Crippen molar-refractivity contribution in [1.29, 1.82) is 0 Å². The van der Waals surface area contributed by atoms with Gasteiger partial charge in [0.05, 0.1) is 0 Å². The Morgan fingerprint density at radius 1 is 1.06 bits per heavy atom. The van der Waals surface area contributed by atoms with Gasteiger partial charge in [-0.1, -0.05) is 45.8 Å². The van der Waals surface area contributed by atoms with Crippen LogP contribution < -0.4 is 0 Å². The third kappa shape index (κ3) is 2.64.